The van der Waals surface area contributed by atoms with E-state index < -0.39 is 0 Å². The Morgan fingerprint density at radius 3 is 2.88 bits per heavy atom. The van der Waals surface area contributed by atoms with E-state index in [2.05, 4.69) is 30.7 Å². The first-order valence-corrected chi connectivity index (χ1v) is 6.50. The Kier molecular flexibility index (Phi) is 3.10. The molecule has 0 saturated heterocycles. The van der Waals surface area contributed by atoms with Crippen LogP contribution in [0, 0.1) is 0 Å². The summed E-state index contributed by atoms with van der Waals surface area (Å²) >= 11 is 1.62. The molecule has 2 heterocycles. The van der Waals surface area contributed by atoms with Gasteiger partial charge in [0.25, 0.3) is 5.56 Å². The molecule has 0 saturated carbocycles. The predicted molar refractivity (Wildman–Crippen MR) is 68.3 cm³/mol. The van der Waals surface area contributed by atoms with Crippen LogP contribution in [0.25, 0.3) is 10.2 Å². The lowest BCUT2D eigenvalue weighted by atomic mass is 10.1. The van der Waals surface area contributed by atoms with Crippen LogP contribution in [0.3, 0.4) is 0 Å². The zero-order valence-corrected chi connectivity index (χ0v) is 10.6. The van der Waals surface area contributed by atoms with Crippen molar-refractivity contribution in [2.24, 2.45) is 0 Å². The summed E-state index contributed by atoms with van der Waals surface area (Å²) in [5.74, 6) is 1.12. The Bertz CT molecular complexity index is 556. The summed E-state index contributed by atoms with van der Waals surface area (Å²) in [7, 11) is 0. The number of hydrogen-bond acceptors (Lipinski definition) is 3. The van der Waals surface area contributed by atoms with Gasteiger partial charge in [-0.2, -0.15) is 0 Å². The van der Waals surface area contributed by atoms with E-state index >= 15 is 0 Å². The molecule has 0 aliphatic heterocycles. The average molecular weight is 236 g/mol. The van der Waals surface area contributed by atoms with Gasteiger partial charge in [-0.1, -0.05) is 20.8 Å². The topological polar surface area (TPSA) is 45.8 Å². The third kappa shape index (κ3) is 1.89. The van der Waals surface area contributed by atoms with Gasteiger partial charge in [-0.05, 0) is 18.9 Å². The maximum Gasteiger partial charge on any atom is 0.259 e. The zero-order chi connectivity index (χ0) is 11.7. The van der Waals surface area contributed by atoms with Gasteiger partial charge in [0.2, 0.25) is 0 Å². The number of aromatic amines is 1. The van der Waals surface area contributed by atoms with Crippen LogP contribution in [0.1, 0.15) is 43.8 Å². The molecule has 0 aromatic carbocycles. The minimum absolute atomic E-state index is 0.00347. The summed E-state index contributed by atoms with van der Waals surface area (Å²) in [4.78, 5) is 21.4. The summed E-state index contributed by atoms with van der Waals surface area (Å²) in [6, 6.07) is 1.95. The van der Waals surface area contributed by atoms with Crippen molar-refractivity contribution in [1.29, 1.82) is 0 Å². The van der Waals surface area contributed by atoms with Crippen molar-refractivity contribution in [3.63, 3.8) is 0 Å². The van der Waals surface area contributed by atoms with Crippen LogP contribution >= 0.6 is 11.3 Å². The third-order valence-corrected chi connectivity index (χ3v) is 4.07. The average Bonchev–Trinajstić information content (AvgIpc) is 2.71. The maximum absolute atomic E-state index is 11.9. The minimum Gasteiger partial charge on any atom is -0.310 e. The van der Waals surface area contributed by atoms with E-state index in [1.54, 1.807) is 11.3 Å². The van der Waals surface area contributed by atoms with E-state index in [1.807, 2.05) is 6.07 Å². The Labute approximate surface area is 98.5 Å². The van der Waals surface area contributed by atoms with E-state index in [-0.39, 0.29) is 5.56 Å². The summed E-state index contributed by atoms with van der Waals surface area (Å²) < 4.78 is 0. The molecule has 86 valence electrons. The Hall–Kier alpha value is -1.16. The molecule has 2 rings (SSSR count). The van der Waals surface area contributed by atoms with Gasteiger partial charge in [-0.25, -0.2) is 4.98 Å². The van der Waals surface area contributed by atoms with Gasteiger partial charge in [-0.15, -0.1) is 11.3 Å². The first-order valence-electron chi connectivity index (χ1n) is 5.68. The molecule has 1 N–H and O–H groups in total. The molecule has 0 aliphatic carbocycles. The van der Waals surface area contributed by atoms with Crippen molar-refractivity contribution >= 4 is 21.6 Å². The molecule has 3 nitrogen and oxygen atoms in total. The highest BCUT2D eigenvalue weighted by Gasteiger charge is 2.11. The normalized spacial score (nSPS) is 13.2. The van der Waals surface area contributed by atoms with E-state index in [4.69, 9.17) is 0 Å². The molecule has 0 amide bonds. The monoisotopic (exact) mass is 236 g/mol. The number of nitrogens with zero attached hydrogens (tertiary/aromatic N) is 1. The molecule has 1 unspecified atom stereocenters. The van der Waals surface area contributed by atoms with Crippen LogP contribution in [0.15, 0.2) is 10.9 Å². The summed E-state index contributed by atoms with van der Waals surface area (Å²) in [6.07, 6.45) is 1.94. The molecular weight excluding hydrogens is 220 g/mol. The van der Waals surface area contributed by atoms with Gasteiger partial charge >= 0.3 is 0 Å². The minimum atomic E-state index is -0.00347. The maximum atomic E-state index is 11.9. The number of nitrogens with one attached hydrogen (secondary N) is 1. The lowest BCUT2D eigenvalue weighted by Crippen LogP contribution is -2.12. The third-order valence-electron chi connectivity index (χ3n) is 2.90. The van der Waals surface area contributed by atoms with Crippen molar-refractivity contribution in [2.45, 2.75) is 39.5 Å². The van der Waals surface area contributed by atoms with E-state index in [0.29, 0.717) is 5.92 Å². The number of aromatic nitrogens is 2. The van der Waals surface area contributed by atoms with E-state index in [9.17, 15) is 4.79 Å². The Morgan fingerprint density at radius 1 is 1.50 bits per heavy atom. The first-order chi connectivity index (χ1) is 7.65. The molecule has 0 radical (unpaired) electrons. The van der Waals surface area contributed by atoms with Gasteiger partial charge in [0.1, 0.15) is 10.7 Å². The van der Waals surface area contributed by atoms with Crippen molar-refractivity contribution in [2.75, 3.05) is 0 Å². The lowest BCUT2D eigenvalue weighted by Gasteiger charge is -2.06. The molecule has 1 atom stereocenters. The van der Waals surface area contributed by atoms with Crippen molar-refractivity contribution < 1.29 is 0 Å². The second-order valence-electron chi connectivity index (χ2n) is 4.05. The second kappa shape index (κ2) is 4.37. The number of aryl methyl sites for hydroxylation is 1. The highest BCUT2D eigenvalue weighted by Crippen LogP contribution is 2.23. The largest absolute Gasteiger partial charge is 0.310 e. The zero-order valence-electron chi connectivity index (χ0n) is 9.83. The SMILES string of the molecule is CCc1cc2c(=O)[nH]c(C(C)CC)nc2s1. The van der Waals surface area contributed by atoms with Gasteiger partial charge < -0.3 is 4.98 Å². The molecule has 4 heteroatoms. The quantitative estimate of drug-likeness (QED) is 0.890. The lowest BCUT2D eigenvalue weighted by molar-refractivity contribution is 0.680. The highest BCUT2D eigenvalue weighted by molar-refractivity contribution is 7.18. The van der Waals surface area contributed by atoms with Crippen molar-refractivity contribution in [1.82, 2.24) is 9.97 Å². The summed E-state index contributed by atoms with van der Waals surface area (Å²) in [5.41, 5.74) is -0.00347. The van der Waals surface area contributed by atoms with E-state index in [0.717, 1.165) is 28.9 Å². The molecule has 2 aromatic heterocycles. The number of thiophene rings is 1. The fourth-order valence-electron chi connectivity index (χ4n) is 1.60. The molecule has 16 heavy (non-hydrogen) atoms. The van der Waals surface area contributed by atoms with Gasteiger partial charge in [0.05, 0.1) is 5.39 Å². The summed E-state index contributed by atoms with van der Waals surface area (Å²) in [5, 5.41) is 0.730. The van der Waals surface area contributed by atoms with Crippen LogP contribution in [0.5, 0.6) is 0 Å². The number of hydrogen-bond donors (Lipinski definition) is 1. The van der Waals surface area contributed by atoms with Crippen LogP contribution in [0.2, 0.25) is 0 Å². The van der Waals surface area contributed by atoms with Crippen LogP contribution in [0.4, 0.5) is 0 Å². The molecule has 0 bridgehead atoms. The van der Waals surface area contributed by atoms with Crippen molar-refractivity contribution in [3.8, 4) is 0 Å². The highest BCUT2D eigenvalue weighted by atomic mass is 32.1. The number of fused-ring (bicyclic) bond motifs is 1. The number of rotatable bonds is 3. The fourth-order valence-corrected chi connectivity index (χ4v) is 2.57. The van der Waals surface area contributed by atoms with E-state index in [1.165, 1.54) is 4.88 Å². The van der Waals surface area contributed by atoms with Crippen molar-refractivity contribution in [3.05, 3.63) is 27.1 Å². The van der Waals surface area contributed by atoms with Gasteiger partial charge in [0, 0.05) is 10.8 Å². The molecule has 0 spiro atoms. The van der Waals surface area contributed by atoms with Gasteiger partial charge in [-0.3, -0.25) is 4.79 Å². The molecular formula is C12H16N2OS. The standard InChI is InChI=1S/C12H16N2OS/c1-4-7(3)10-13-11(15)9-6-8(5-2)16-12(9)14-10/h6-7H,4-5H2,1-3H3,(H,13,14,15). The smallest absolute Gasteiger partial charge is 0.259 e. The molecule has 0 fully saturated rings. The number of H-pyrrole nitrogens is 1. The first kappa shape index (κ1) is 11.3. The Balaban J connectivity index is 2.62. The second-order valence-corrected chi connectivity index (χ2v) is 5.16. The summed E-state index contributed by atoms with van der Waals surface area (Å²) in [6.45, 7) is 6.27. The fraction of sp³-hybridized carbons (Fsp3) is 0.500. The van der Waals surface area contributed by atoms with Crippen LogP contribution in [-0.4, -0.2) is 9.97 Å². The van der Waals surface area contributed by atoms with Crippen LogP contribution < -0.4 is 5.56 Å². The Morgan fingerprint density at radius 2 is 2.25 bits per heavy atom. The van der Waals surface area contributed by atoms with Crippen LogP contribution in [-0.2, 0) is 6.42 Å². The predicted octanol–water partition coefficient (Wildman–Crippen LogP) is 3.06. The molecule has 0 aliphatic rings. The molecule has 2 aromatic rings. The van der Waals surface area contributed by atoms with Gasteiger partial charge in [0.15, 0.2) is 0 Å².